The molecule has 0 atom stereocenters. The van der Waals surface area contributed by atoms with Crippen molar-refractivity contribution in [1.82, 2.24) is 0 Å². The largest absolute Gasteiger partial charge is 0.392 e. The maximum atomic E-state index is 9.05. The van der Waals surface area contributed by atoms with Gasteiger partial charge in [-0.1, -0.05) is 30.3 Å². The second kappa shape index (κ2) is 6.75. The normalized spacial score (nSPS) is 23.8. The lowest BCUT2D eigenvalue weighted by molar-refractivity contribution is 0.281. The Hall–Kier alpha value is -1.08. The van der Waals surface area contributed by atoms with Crippen LogP contribution in [0.15, 0.2) is 36.9 Å². The molecule has 0 heterocycles. The molecule has 1 aromatic carbocycles. The molecule has 1 nitrogen and oxygen atoms in total. The molecule has 0 saturated heterocycles. The number of aliphatic hydroxyl groups excluding tert-OH is 1. The van der Waals surface area contributed by atoms with Crippen LogP contribution in [0.3, 0.4) is 0 Å². The van der Waals surface area contributed by atoms with Gasteiger partial charge in [-0.05, 0) is 61.5 Å². The smallest absolute Gasteiger partial charge is 0.0681 e. The molecular weight excluding hydrogens is 220 g/mol. The summed E-state index contributed by atoms with van der Waals surface area (Å²) in [6.07, 6.45) is 9.89. The first kappa shape index (κ1) is 13.4. The predicted octanol–water partition coefficient (Wildman–Crippen LogP) is 4.42. The van der Waals surface area contributed by atoms with E-state index in [-0.39, 0.29) is 6.61 Å². The van der Waals surface area contributed by atoms with Crippen molar-refractivity contribution in [2.45, 2.75) is 51.0 Å². The van der Waals surface area contributed by atoms with Crippen molar-refractivity contribution in [3.63, 3.8) is 0 Å². The number of hydrogen-bond acceptors (Lipinski definition) is 1. The van der Waals surface area contributed by atoms with Crippen molar-refractivity contribution in [2.24, 2.45) is 5.92 Å². The van der Waals surface area contributed by atoms with Gasteiger partial charge in [0.05, 0.1) is 6.61 Å². The zero-order valence-corrected chi connectivity index (χ0v) is 11.1. The third kappa shape index (κ3) is 3.46. The fourth-order valence-corrected chi connectivity index (χ4v) is 3.03. The summed E-state index contributed by atoms with van der Waals surface area (Å²) in [5.74, 6) is 1.65. The third-order valence-electron chi connectivity index (χ3n) is 4.26. The molecule has 1 fully saturated rings. The zero-order valence-electron chi connectivity index (χ0n) is 11.1. The minimum absolute atomic E-state index is 0.147. The Morgan fingerprint density at radius 3 is 2.33 bits per heavy atom. The molecule has 0 bridgehead atoms. The molecule has 0 aliphatic heterocycles. The van der Waals surface area contributed by atoms with E-state index in [0.29, 0.717) is 0 Å². The molecule has 18 heavy (non-hydrogen) atoms. The Morgan fingerprint density at radius 2 is 1.78 bits per heavy atom. The Morgan fingerprint density at radius 1 is 1.11 bits per heavy atom. The molecule has 0 spiro atoms. The van der Waals surface area contributed by atoms with E-state index in [1.165, 1.54) is 44.1 Å². The number of benzene rings is 1. The standard InChI is InChI=1S/C17H24O/c1-2-3-4-14-5-9-16(10-6-14)17-11-7-15(13-18)8-12-17/h2,7-8,11-12,14,16,18H,1,3-6,9-10,13H2/t14-,16-. The Balaban J connectivity index is 1.86. The number of allylic oxidation sites excluding steroid dienone is 1. The summed E-state index contributed by atoms with van der Waals surface area (Å²) < 4.78 is 0. The Labute approximate surface area is 111 Å². The van der Waals surface area contributed by atoms with Crippen molar-refractivity contribution < 1.29 is 5.11 Å². The molecule has 1 saturated carbocycles. The van der Waals surface area contributed by atoms with Crippen LogP contribution in [-0.2, 0) is 6.61 Å². The van der Waals surface area contributed by atoms with Crippen LogP contribution < -0.4 is 0 Å². The highest BCUT2D eigenvalue weighted by Crippen LogP contribution is 2.37. The molecule has 1 aliphatic carbocycles. The SMILES string of the molecule is C=CCC[C@H]1CC[C@H](c2ccc(CO)cc2)CC1. The third-order valence-corrected chi connectivity index (χ3v) is 4.26. The van der Waals surface area contributed by atoms with Gasteiger partial charge in [-0.3, -0.25) is 0 Å². The molecule has 1 aromatic rings. The van der Waals surface area contributed by atoms with Gasteiger partial charge in [0.1, 0.15) is 0 Å². The molecule has 0 aromatic heterocycles. The summed E-state index contributed by atoms with van der Waals surface area (Å²) in [5, 5.41) is 9.05. The summed E-state index contributed by atoms with van der Waals surface area (Å²) in [6.45, 7) is 3.95. The maximum Gasteiger partial charge on any atom is 0.0681 e. The molecule has 98 valence electrons. The highest BCUT2D eigenvalue weighted by molar-refractivity contribution is 5.25. The lowest BCUT2D eigenvalue weighted by atomic mass is 9.77. The molecule has 1 N–H and O–H groups in total. The fourth-order valence-electron chi connectivity index (χ4n) is 3.03. The van der Waals surface area contributed by atoms with Crippen molar-refractivity contribution in [1.29, 1.82) is 0 Å². The Bertz CT molecular complexity index is 358. The van der Waals surface area contributed by atoms with Crippen LogP contribution in [0, 0.1) is 5.92 Å². The Kier molecular flexibility index (Phi) is 5.00. The highest BCUT2D eigenvalue weighted by atomic mass is 16.3. The van der Waals surface area contributed by atoms with Gasteiger partial charge in [0.25, 0.3) is 0 Å². The van der Waals surface area contributed by atoms with E-state index in [2.05, 4.69) is 30.8 Å². The predicted molar refractivity (Wildman–Crippen MR) is 76.5 cm³/mol. The lowest BCUT2D eigenvalue weighted by Crippen LogP contribution is -2.13. The van der Waals surface area contributed by atoms with Crippen LogP contribution in [0.4, 0.5) is 0 Å². The van der Waals surface area contributed by atoms with Crippen molar-refractivity contribution in [3.05, 3.63) is 48.0 Å². The minimum atomic E-state index is 0.147. The zero-order chi connectivity index (χ0) is 12.8. The van der Waals surface area contributed by atoms with E-state index in [9.17, 15) is 0 Å². The molecule has 0 amide bonds. The second-order valence-corrected chi connectivity index (χ2v) is 5.48. The first-order valence-corrected chi connectivity index (χ1v) is 7.14. The van der Waals surface area contributed by atoms with Crippen LogP contribution in [0.5, 0.6) is 0 Å². The van der Waals surface area contributed by atoms with Gasteiger partial charge < -0.3 is 5.11 Å². The van der Waals surface area contributed by atoms with Gasteiger partial charge in [0, 0.05) is 0 Å². The number of aliphatic hydroxyl groups is 1. The van der Waals surface area contributed by atoms with E-state index in [4.69, 9.17) is 5.11 Å². The number of rotatable bonds is 5. The first-order valence-electron chi connectivity index (χ1n) is 7.14. The van der Waals surface area contributed by atoms with Crippen LogP contribution in [-0.4, -0.2) is 5.11 Å². The highest BCUT2D eigenvalue weighted by Gasteiger charge is 2.21. The van der Waals surface area contributed by atoms with Gasteiger partial charge in [-0.25, -0.2) is 0 Å². The van der Waals surface area contributed by atoms with Gasteiger partial charge in [0.2, 0.25) is 0 Å². The fraction of sp³-hybridized carbons (Fsp3) is 0.529. The van der Waals surface area contributed by atoms with Crippen LogP contribution in [0.2, 0.25) is 0 Å². The molecule has 1 heteroatoms. The summed E-state index contributed by atoms with van der Waals surface area (Å²) in [4.78, 5) is 0. The van der Waals surface area contributed by atoms with Crippen molar-refractivity contribution >= 4 is 0 Å². The average molecular weight is 244 g/mol. The maximum absolute atomic E-state index is 9.05. The lowest BCUT2D eigenvalue weighted by Gasteiger charge is -2.28. The van der Waals surface area contributed by atoms with E-state index >= 15 is 0 Å². The summed E-state index contributed by atoms with van der Waals surface area (Å²) in [7, 11) is 0. The topological polar surface area (TPSA) is 20.2 Å². The summed E-state index contributed by atoms with van der Waals surface area (Å²) in [5.41, 5.74) is 2.47. The van der Waals surface area contributed by atoms with Gasteiger partial charge in [-0.2, -0.15) is 0 Å². The van der Waals surface area contributed by atoms with E-state index in [1.54, 1.807) is 0 Å². The van der Waals surface area contributed by atoms with Gasteiger partial charge in [-0.15, -0.1) is 6.58 Å². The minimum Gasteiger partial charge on any atom is -0.392 e. The van der Waals surface area contributed by atoms with Crippen LogP contribution in [0.1, 0.15) is 55.6 Å². The molecular formula is C17H24O. The van der Waals surface area contributed by atoms with Crippen LogP contribution in [0.25, 0.3) is 0 Å². The van der Waals surface area contributed by atoms with Crippen molar-refractivity contribution in [2.75, 3.05) is 0 Å². The quantitative estimate of drug-likeness (QED) is 0.760. The van der Waals surface area contributed by atoms with E-state index < -0.39 is 0 Å². The first-order chi connectivity index (χ1) is 8.83. The molecule has 0 radical (unpaired) electrons. The van der Waals surface area contributed by atoms with Crippen molar-refractivity contribution in [3.8, 4) is 0 Å². The number of hydrogen-bond donors (Lipinski definition) is 1. The monoisotopic (exact) mass is 244 g/mol. The van der Waals surface area contributed by atoms with Gasteiger partial charge >= 0.3 is 0 Å². The van der Waals surface area contributed by atoms with E-state index in [1.807, 2.05) is 6.08 Å². The van der Waals surface area contributed by atoms with Gasteiger partial charge in [0.15, 0.2) is 0 Å². The molecule has 2 rings (SSSR count). The van der Waals surface area contributed by atoms with E-state index in [0.717, 1.165) is 17.4 Å². The second-order valence-electron chi connectivity index (χ2n) is 5.48. The van der Waals surface area contributed by atoms with Crippen LogP contribution >= 0.6 is 0 Å². The summed E-state index contributed by atoms with van der Waals surface area (Å²) >= 11 is 0. The molecule has 0 unspecified atom stereocenters. The summed E-state index contributed by atoms with van der Waals surface area (Å²) in [6, 6.07) is 8.50. The molecule has 1 aliphatic rings. The average Bonchev–Trinajstić information content (AvgIpc) is 2.46.